The Morgan fingerprint density at radius 3 is 2.52 bits per heavy atom. The maximum absolute atomic E-state index is 11.2. The van der Waals surface area contributed by atoms with E-state index in [1.807, 2.05) is 6.08 Å². The van der Waals surface area contributed by atoms with Gasteiger partial charge in [-0.3, -0.25) is 0 Å². The van der Waals surface area contributed by atoms with Crippen LogP contribution in [0.5, 0.6) is 0 Å². The number of aldehydes is 2. The first-order valence-corrected chi connectivity index (χ1v) is 9.09. The van der Waals surface area contributed by atoms with Crippen LogP contribution in [-0.2, 0) is 14.3 Å². The van der Waals surface area contributed by atoms with Gasteiger partial charge in [-0.2, -0.15) is 0 Å². The number of hydrogen-bond donors (Lipinski definition) is 0. The van der Waals surface area contributed by atoms with Gasteiger partial charge in [0.1, 0.15) is 12.6 Å². The fraction of sp³-hybridized carbons (Fsp3) is 0.800. The number of ether oxygens (including phenoxy) is 1. The molecule has 0 aromatic carbocycles. The Morgan fingerprint density at radius 2 is 1.91 bits per heavy atom. The maximum atomic E-state index is 11.2. The van der Waals surface area contributed by atoms with Crippen LogP contribution in [0.25, 0.3) is 0 Å². The summed E-state index contributed by atoms with van der Waals surface area (Å²) in [7, 11) is 0. The van der Waals surface area contributed by atoms with Crippen molar-refractivity contribution in [3.63, 3.8) is 0 Å². The number of epoxide rings is 1. The zero-order valence-corrected chi connectivity index (χ0v) is 14.7. The van der Waals surface area contributed by atoms with Crippen LogP contribution >= 0.6 is 0 Å². The van der Waals surface area contributed by atoms with Crippen LogP contribution in [-0.4, -0.2) is 24.8 Å². The Balaban J connectivity index is 1.89. The Kier molecular flexibility index (Phi) is 4.29. The van der Waals surface area contributed by atoms with E-state index in [9.17, 15) is 9.59 Å². The molecule has 5 atom stereocenters. The molecule has 0 amide bonds. The minimum absolute atomic E-state index is 0.00375. The molecule has 0 N–H and O–H groups in total. The summed E-state index contributed by atoms with van der Waals surface area (Å²) in [6.45, 7) is 8.13. The fourth-order valence-electron chi connectivity index (χ4n) is 5.76. The molecule has 0 unspecified atom stereocenters. The zero-order valence-electron chi connectivity index (χ0n) is 14.7. The van der Waals surface area contributed by atoms with Gasteiger partial charge in [-0.25, -0.2) is 0 Å². The van der Waals surface area contributed by atoms with E-state index < -0.39 is 0 Å². The lowest BCUT2D eigenvalue weighted by molar-refractivity contribution is -0.114. The average Bonchev–Trinajstić information content (AvgIpc) is 3.24. The van der Waals surface area contributed by atoms with Crippen molar-refractivity contribution in [2.24, 2.45) is 28.6 Å². The molecule has 1 aliphatic heterocycles. The average molecular weight is 318 g/mol. The molecule has 0 radical (unpaired) electrons. The normalized spacial score (nSPS) is 43.1. The Labute approximate surface area is 139 Å². The van der Waals surface area contributed by atoms with E-state index in [1.54, 1.807) is 0 Å². The summed E-state index contributed by atoms with van der Waals surface area (Å²) in [5.74, 6) is 0.778. The molecule has 0 aromatic rings. The van der Waals surface area contributed by atoms with Crippen molar-refractivity contribution in [2.75, 3.05) is 6.61 Å². The third kappa shape index (κ3) is 2.82. The van der Waals surface area contributed by atoms with Gasteiger partial charge in [0, 0.05) is 18.3 Å². The van der Waals surface area contributed by atoms with Crippen LogP contribution < -0.4 is 0 Å². The van der Waals surface area contributed by atoms with Gasteiger partial charge in [0.25, 0.3) is 0 Å². The van der Waals surface area contributed by atoms with E-state index in [-0.39, 0.29) is 23.4 Å². The van der Waals surface area contributed by atoms with Crippen molar-refractivity contribution in [1.29, 1.82) is 0 Å². The molecule has 3 aliphatic rings. The molecule has 1 saturated heterocycles. The first-order valence-electron chi connectivity index (χ1n) is 9.09. The van der Waals surface area contributed by atoms with Gasteiger partial charge in [-0.15, -0.1) is 0 Å². The SMILES string of the molecule is CC1(C)CCC[C@@]2(C)[C@@H]1CC[C@]1(CO1)[C@@H]2/C=C\[C@H](C=O)CC=O. The highest BCUT2D eigenvalue weighted by molar-refractivity contribution is 5.64. The standard InChI is InChI=1S/C20H30O3/c1-18(2)9-4-10-19(3)16(18)7-11-20(14-23-20)17(19)6-5-15(13-22)8-12-21/h5-6,12-13,15-17H,4,7-11,14H2,1-3H3/b6-5-/t15-,16+,17+,19-,20-/m0/s1. The van der Waals surface area contributed by atoms with Crippen LogP contribution in [0.1, 0.15) is 59.3 Å². The number of allylic oxidation sites excluding steroid dienone is 1. The van der Waals surface area contributed by atoms with Gasteiger partial charge in [0.2, 0.25) is 0 Å². The van der Waals surface area contributed by atoms with Crippen molar-refractivity contribution in [3.8, 4) is 0 Å². The lowest BCUT2D eigenvalue weighted by Crippen LogP contribution is -2.54. The molecule has 3 fully saturated rings. The van der Waals surface area contributed by atoms with Gasteiger partial charge < -0.3 is 14.3 Å². The Hall–Kier alpha value is -0.960. The largest absolute Gasteiger partial charge is 0.369 e. The number of rotatable bonds is 5. The monoisotopic (exact) mass is 318 g/mol. The van der Waals surface area contributed by atoms with Crippen LogP contribution in [0.2, 0.25) is 0 Å². The highest BCUT2D eigenvalue weighted by atomic mass is 16.6. The van der Waals surface area contributed by atoms with Crippen LogP contribution in [0, 0.1) is 28.6 Å². The van der Waals surface area contributed by atoms with Gasteiger partial charge in [-0.1, -0.05) is 39.3 Å². The molecule has 3 nitrogen and oxygen atoms in total. The minimum atomic E-state index is -0.288. The number of carbonyl (C=O) groups is 2. The molecule has 2 saturated carbocycles. The van der Waals surface area contributed by atoms with Crippen LogP contribution in [0.3, 0.4) is 0 Å². The topological polar surface area (TPSA) is 46.7 Å². The lowest BCUT2D eigenvalue weighted by atomic mass is 9.46. The van der Waals surface area contributed by atoms with E-state index in [1.165, 1.54) is 25.7 Å². The van der Waals surface area contributed by atoms with Gasteiger partial charge in [0.05, 0.1) is 12.2 Å². The molecule has 3 rings (SSSR count). The summed E-state index contributed by atoms with van der Waals surface area (Å²) in [6.07, 6.45) is 12.4. The quantitative estimate of drug-likeness (QED) is 0.438. The van der Waals surface area contributed by atoms with E-state index in [4.69, 9.17) is 4.74 Å². The molecule has 128 valence electrons. The predicted octanol–water partition coefficient (Wildman–Crippen LogP) is 3.96. The van der Waals surface area contributed by atoms with Crippen molar-refractivity contribution in [3.05, 3.63) is 12.2 Å². The predicted molar refractivity (Wildman–Crippen MR) is 90.0 cm³/mol. The van der Waals surface area contributed by atoms with E-state index >= 15 is 0 Å². The number of carbonyl (C=O) groups excluding carboxylic acids is 2. The highest BCUT2D eigenvalue weighted by Gasteiger charge is 2.64. The first kappa shape index (κ1) is 16.9. The number of hydrogen-bond acceptors (Lipinski definition) is 3. The molecule has 2 aliphatic carbocycles. The molecular formula is C20H30O3. The molecule has 1 heterocycles. The van der Waals surface area contributed by atoms with E-state index in [2.05, 4.69) is 26.8 Å². The Morgan fingerprint density at radius 1 is 1.17 bits per heavy atom. The van der Waals surface area contributed by atoms with Crippen LogP contribution in [0.4, 0.5) is 0 Å². The molecule has 0 aromatic heterocycles. The van der Waals surface area contributed by atoms with Crippen molar-refractivity contribution in [2.45, 2.75) is 64.9 Å². The third-order valence-electron chi connectivity index (χ3n) is 7.02. The van der Waals surface area contributed by atoms with Crippen molar-refractivity contribution in [1.82, 2.24) is 0 Å². The third-order valence-corrected chi connectivity index (χ3v) is 7.02. The van der Waals surface area contributed by atoms with Crippen molar-refractivity contribution < 1.29 is 14.3 Å². The lowest BCUT2D eigenvalue weighted by Gasteiger charge is -2.58. The summed E-state index contributed by atoms with van der Waals surface area (Å²) >= 11 is 0. The summed E-state index contributed by atoms with van der Waals surface area (Å²) in [5.41, 5.74) is 0.619. The van der Waals surface area contributed by atoms with E-state index in [0.717, 1.165) is 25.6 Å². The van der Waals surface area contributed by atoms with E-state index in [0.29, 0.717) is 17.3 Å². The second-order valence-electron chi connectivity index (χ2n) is 8.86. The van der Waals surface area contributed by atoms with Crippen molar-refractivity contribution >= 4 is 12.6 Å². The molecular weight excluding hydrogens is 288 g/mol. The molecule has 23 heavy (non-hydrogen) atoms. The second-order valence-corrected chi connectivity index (χ2v) is 8.86. The zero-order chi connectivity index (χ0) is 16.7. The van der Waals surface area contributed by atoms with Gasteiger partial charge >= 0.3 is 0 Å². The smallest absolute Gasteiger partial charge is 0.127 e. The molecule has 1 spiro atoms. The number of fused-ring (bicyclic) bond motifs is 1. The minimum Gasteiger partial charge on any atom is -0.369 e. The Bertz CT molecular complexity index is 503. The highest BCUT2D eigenvalue weighted by Crippen LogP contribution is 2.65. The summed E-state index contributed by atoms with van der Waals surface area (Å²) in [5, 5.41) is 0. The van der Waals surface area contributed by atoms with Crippen LogP contribution in [0.15, 0.2) is 12.2 Å². The van der Waals surface area contributed by atoms with Gasteiger partial charge in [0.15, 0.2) is 0 Å². The first-order chi connectivity index (χ1) is 10.9. The summed E-state index contributed by atoms with van der Waals surface area (Å²) in [6, 6.07) is 0. The molecule has 0 bridgehead atoms. The summed E-state index contributed by atoms with van der Waals surface area (Å²) < 4.78 is 5.95. The fourth-order valence-corrected chi connectivity index (χ4v) is 5.76. The maximum Gasteiger partial charge on any atom is 0.127 e. The second kappa shape index (κ2) is 5.84. The van der Waals surface area contributed by atoms with Gasteiger partial charge in [-0.05, 0) is 42.4 Å². The summed E-state index contributed by atoms with van der Waals surface area (Å²) in [4.78, 5) is 21.9. The molecule has 3 heteroatoms.